The molecule has 0 aliphatic carbocycles. The maximum absolute atomic E-state index is 13.5. The number of anilines is 1. The third-order valence-corrected chi connectivity index (χ3v) is 6.30. The number of sulfone groups is 1. The number of carbonyl (C=O) groups excluding carboxylic acids is 1. The Kier molecular flexibility index (Phi) is 7.34. The van der Waals surface area contributed by atoms with E-state index in [9.17, 15) is 17.6 Å². The van der Waals surface area contributed by atoms with Crippen molar-refractivity contribution >= 4 is 54.8 Å². The minimum Gasteiger partial charge on any atom is -0.308 e. The summed E-state index contributed by atoms with van der Waals surface area (Å²) in [5.41, 5.74) is 0.676. The first-order valence-electron chi connectivity index (χ1n) is 8.48. The van der Waals surface area contributed by atoms with Crippen LogP contribution in [0.25, 0.3) is 10.2 Å². The third kappa shape index (κ3) is 5.30. The minimum absolute atomic E-state index is 0. The van der Waals surface area contributed by atoms with Crippen LogP contribution in [0.3, 0.4) is 0 Å². The number of hydrogen-bond acceptors (Lipinski definition) is 6. The van der Waals surface area contributed by atoms with Gasteiger partial charge in [-0.15, -0.1) is 12.4 Å². The van der Waals surface area contributed by atoms with Crippen LogP contribution in [0.4, 0.5) is 9.52 Å². The molecule has 3 rings (SSSR count). The Morgan fingerprint density at radius 1 is 1.14 bits per heavy atom. The topological polar surface area (TPSA) is 70.6 Å². The van der Waals surface area contributed by atoms with Crippen LogP contribution in [-0.4, -0.2) is 57.6 Å². The minimum atomic E-state index is -3.58. The van der Waals surface area contributed by atoms with Crippen LogP contribution in [0, 0.1) is 5.82 Å². The zero-order chi connectivity index (χ0) is 20.5. The van der Waals surface area contributed by atoms with Gasteiger partial charge < -0.3 is 4.90 Å². The number of nitrogens with zero attached hydrogens (tertiary/aromatic N) is 3. The molecule has 0 bridgehead atoms. The molecule has 0 unspecified atom stereocenters. The summed E-state index contributed by atoms with van der Waals surface area (Å²) in [7, 11) is 0.171. The number of carbonyl (C=O) groups is 1. The highest BCUT2D eigenvalue weighted by Crippen LogP contribution is 2.31. The molecule has 1 aromatic heterocycles. The predicted octanol–water partition coefficient (Wildman–Crippen LogP) is 3.47. The number of thiazole rings is 1. The average Bonchev–Trinajstić information content (AvgIpc) is 3.03. The highest BCUT2D eigenvalue weighted by molar-refractivity contribution is 7.90. The number of halogens is 2. The van der Waals surface area contributed by atoms with Gasteiger partial charge in [-0.1, -0.05) is 23.5 Å². The zero-order valence-electron chi connectivity index (χ0n) is 16.1. The van der Waals surface area contributed by atoms with Crippen molar-refractivity contribution in [2.45, 2.75) is 4.90 Å². The maximum atomic E-state index is 13.5. The monoisotopic (exact) mass is 457 g/mol. The van der Waals surface area contributed by atoms with Crippen LogP contribution in [-0.2, 0) is 9.84 Å². The van der Waals surface area contributed by atoms with Gasteiger partial charge in [0, 0.05) is 19.3 Å². The van der Waals surface area contributed by atoms with Crippen molar-refractivity contribution in [1.29, 1.82) is 0 Å². The first-order valence-corrected chi connectivity index (χ1v) is 11.2. The number of likely N-dealkylation sites (N-methyl/N-ethyl adjacent to an activating group) is 1. The summed E-state index contributed by atoms with van der Waals surface area (Å²) in [6.45, 7) is 0.864. The summed E-state index contributed by atoms with van der Waals surface area (Å²) in [6, 6.07) is 10.4. The summed E-state index contributed by atoms with van der Waals surface area (Å²) in [6.07, 6.45) is 1.07. The fourth-order valence-corrected chi connectivity index (χ4v) is 4.59. The van der Waals surface area contributed by atoms with Gasteiger partial charge in [-0.3, -0.25) is 9.69 Å². The standard InChI is InChI=1S/C19H20FN3O3S2.ClH/c1-22(2)10-11-23(19-21-15-9-8-13(20)12-16(15)27-19)18(24)14-6-4-5-7-17(14)28(3,25)26;/h4-9,12H,10-11H2,1-3H3;1H. The first-order chi connectivity index (χ1) is 13.2. The lowest BCUT2D eigenvalue weighted by Gasteiger charge is -2.22. The number of benzene rings is 2. The van der Waals surface area contributed by atoms with Crippen molar-refractivity contribution < 1.29 is 17.6 Å². The second kappa shape index (κ2) is 9.17. The van der Waals surface area contributed by atoms with Gasteiger partial charge in [0.15, 0.2) is 15.0 Å². The number of hydrogen-bond donors (Lipinski definition) is 0. The summed E-state index contributed by atoms with van der Waals surface area (Å²) >= 11 is 1.19. The lowest BCUT2D eigenvalue weighted by atomic mass is 10.2. The van der Waals surface area contributed by atoms with E-state index in [4.69, 9.17) is 0 Å². The molecule has 0 atom stereocenters. The number of fused-ring (bicyclic) bond motifs is 1. The van der Waals surface area contributed by atoms with E-state index in [1.54, 1.807) is 18.2 Å². The molecular weight excluding hydrogens is 437 g/mol. The summed E-state index contributed by atoms with van der Waals surface area (Å²) in [5, 5.41) is 0.399. The van der Waals surface area contributed by atoms with Gasteiger partial charge in [-0.05, 0) is 44.4 Å². The molecule has 0 fully saturated rings. The molecule has 3 aromatic rings. The summed E-state index contributed by atoms with van der Waals surface area (Å²) in [4.78, 5) is 21.1. The summed E-state index contributed by atoms with van der Waals surface area (Å²) < 4.78 is 38.4. The molecule has 0 saturated carbocycles. The van der Waals surface area contributed by atoms with E-state index in [1.165, 1.54) is 40.5 Å². The lowest BCUT2D eigenvalue weighted by molar-refractivity contribution is 0.0982. The Morgan fingerprint density at radius 2 is 1.83 bits per heavy atom. The van der Waals surface area contributed by atoms with Crippen molar-refractivity contribution in [2.75, 3.05) is 38.3 Å². The number of amides is 1. The second-order valence-corrected chi connectivity index (χ2v) is 9.63. The predicted molar refractivity (Wildman–Crippen MR) is 117 cm³/mol. The van der Waals surface area contributed by atoms with E-state index in [0.29, 0.717) is 28.4 Å². The first kappa shape index (κ1) is 23.2. The zero-order valence-corrected chi connectivity index (χ0v) is 18.6. The molecule has 2 aromatic carbocycles. The van der Waals surface area contributed by atoms with Crippen LogP contribution >= 0.6 is 23.7 Å². The Morgan fingerprint density at radius 3 is 2.48 bits per heavy atom. The molecule has 0 radical (unpaired) electrons. The molecule has 1 amide bonds. The SMILES string of the molecule is CN(C)CCN(C(=O)c1ccccc1S(C)(=O)=O)c1nc2ccc(F)cc2s1.Cl. The van der Waals surface area contributed by atoms with Gasteiger partial charge in [-0.2, -0.15) is 0 Å². The summed E-state index contributed by atoms with van der Waals surface area (Å²) in [5.74, 6) is -0.835. The molecule has 0 spiro atoms. The maximum Gasteiger partial charge on any atom is 0.261 e. The fraction of sp³-hybridized carbons (Fsp3) is 0.263. The van der Waals surface area contributed by atoms with E-state index < -0.39 is 15.7 Å². The van der Waals surface area contributed by atoms with Gasteiger partial charge in [0.1, 0.15) is 5.82 Å². The molecule has 156 valence electrons. The van der Waals surface area contributed by atoms with E-state index in [0.717, 1.165) is 6.26 Å². The quantitative estimate of drug-likeness (QED) is 0.566. The van der Waals surface area contributed by atoms with Crippen molar-refractivity contribution in [2.24, 2.45) is 0 Å². The van der Waals surface area contributed by atoms with Crippen LogP contribution in [0.2, 0.25) is 0 Å². The molecule has 10 heteroatoms. The van der Waals surface area contributed by atoms with Gasteiger partial charge in [0.25, 0.3) is 5.91 Å². The van der Waals surface area contributed by atoms with Crippen LogP contribution in [0.15, 0.2) is 47.4 Å². The van der Waals surface area contributed by atoms with Crippen molar-refractivity contribution in [3.63, 3.8) is 0 Å². The highest BCUT2D eigenvalue weighted by Gasteiger charge is 2.26. The molecule has 1 heterocycles. The molecule has 6 nitrogen and oxygen atoms in total. The van der Waals surface area contributed by atoms with Gasteiger partial charge in [-0.25, -0.2) is 17.8 Å². The molecule has 0 saturated heterocycles. The lowest BCUT2D eigenvalue weighted by Crippen LogP contribution is -2.37. The van der Waals surface area contributed by atoms with E-state index >= 15 is 0 Å². The molecule has 0 N–H and O–H groups in total. The molecular formula is C19H21ClFN3O3S2. The fourth-order valence-electron chi connectivity index (χ4n) is 2.70. The highest BCUT2D eigenvalue weighted by atomic mass is 35.5. The van der Waals surface area contributed by atoms with E-state index in [-0.39, 0.29) is 28.7 Å². The van der Waals surface area contributed by atoms with Gasteiger partial charge >= 0.3 is 0 Å². The van der Waals surface area contributed by atoms with Crippen molar-refractivity contribution in [3.05, 3.63) is 53.8 Å². The van der Waals surface area contributed by atoms with E-state index in [2.05, 4.69) is 4.98 Å². The van der Waals surface area contributed by atoms with Crippen LogP contribution < -0.4 is 4.90 Å². The van der Waals surface area contributed by atoms with Crippen LogP contribution in [0.1, 0.15) is 10.4 Å². The normalized spacial score (nSPS) is 11.5. The third-order valence-electron chi connectivity index (χ3n) is 4.10. The molecule has 0 aliphatic rings. The molecule has 29 heavy (non-hydrogen) atoms. The van der Waals surface area contributed by atoms with Gasteiger partial charge in [0.05, 0.1) is 20.7 Å². The second-order valence-electron chi connectivity index (χ2n) is 6.64. The number of rotatable bonds is 6. The number of aromatic nitrogens is 1. The van der Waals surface area contributed by atoms with Crippen molar-refractivity contribution in [1.82, 2.24) is 9.88 Å². The van der Waals surface area contributed by atoms with E-state index in [1.807, 2.05) is 19.0 Å². The largest absolute Gasteiger partial charge is 0.308 e. The van der Waals surface area contributed by atoms with Gasteiger partial charge in [0.2, 0.25) is 0 Å². The smallest absolute Gasteiger partial charge is 0.261 e. The van der Waals surface area contributed by atoms with Crippen molar-refractivity contribution in [3.8, 4) is 0 Å². The average molecular weight is 458 g/mol. The Hall–Kier alpha value is -2.07. The molecule has 0 aliphatic heterocycles. The Balaban J connectivity index is 0.00000300. The van der Waals surface area contributed by atoms with Crippen LogP contribution in [0.5, 0.6) is 0 Å². The Labute approximate surface area is 179 Å². The Bertz CT molecular complexity index is 1130.